The van der Waals surface area contributed by atoms with Gasteiger partial charge in [0, 0.05) is 39.3 Å². The molecule has 0 spiro atoms. The van der Waals surface area contributed by atoms with E-state index in [-0.39, 0.29) is 5.41 Å². The van der Waals surface area contributed by atoms with Crippen LogP contribution in [0.25, 0.3) is 33.4 Å². The summed E-state index contributed by atoms with van der Waals surface area (Å²) in [5, 5.41) is 0. The van der Waals surface area contributed by atoms with Gasteiger partial charge in [0.15, 0.2) is 0 Å². The highest BCUT2D eigenvalue weighted by atomic mass is 15.2. The number of hydrogen-bond donors (Lipinski definition) is 0. The summed E-state index contributed by atoms with van der Waals surface area (Å²) < 4.78 is 0. The Hall–Kier alpha value is -6.64. The Kier molecular flexibility index (Phi) is 9.56. The summed E-state index contributed by atoms with van der Waals surface area (Å²) in [5.41, 5.74) is 19.6. The molecular formula is C55H48N2. The number of fused-ring (bicyclic) bond motifs is 3. The molecule has 9 rings (SSSR count). The smallest absolute Gasteiger partial charge is 0.0546 e. The van der Waals surface area contributed by atoms with Crippen LogP contribution in [0.5, 0.6) is 0 Å². The van der Waals surface area contributed by atoms with Gasteiger partial charge in [0.1, 0.15) is 0 Å². The second-order valence-corrected chi connectivity index (χ2v) is 15.4. The van der Waals surface area contributed by atoms with Crippen LogP contribution in [-0.2, 0) is 5.41 Å². The Morgan fingerprint density at radius 3 is 0.982 bits per heavy atom. The molecular weight excluding hydrogens is 689 g/mol. The van der Waals surface area contributed by atoms with E-state index in [0.717, 1.165) is 35.6 Å². The summed E-state index contributed by atoms with van der Waals surface area (Å²) in [6, 6.07) is 71.1. The highest BCUT2D eigenvalue weighted by Crippen LogP contribution is 2.61. The van der Waals surface area contributed by atoms with Crippen molar-refractivity contribution < 1.29 is 0 Å². The molecule has 1 aliphatic rings. The molecule has 0 amide bonds. The van der Waals surface area contributed by atoms with E-state index in [1.807, 2.05) is 0 Å². The molecule has 0 saturated carbocycles. The van der Waals surface area contributed by atoms with Crippen molar-refractivity contribution in [3.63, 3.8) is 0 Å². The lowest BCUT2D eigenvalue weighted by molar-refractivity contribution is 0.490. The Balaban J connectivity index is 1.31. The minimum atomic E-state index is -0.148. The lowest BCUT2D eigenvalue weighted by Gasteiger charge is -2.32. The molecule has 0 atom stereocenters. The summed E-state index contributed by atoms with van der Waals surface area (Å²) >= 11 is 0. The molecule has 0 unspecified atom stereocenters. The number of hydrogen-bond acceptors (Lipinski definition) is 2. The third-order valence-corrected chi connectivity index (χ3v) is 12.0. The fraction of sp³-hybridized carbons (Fsp3) is 0.127. The van der Waals surface area contributed by atoms with E-state index < -0.39 is 0 Å². The Bertz CT molecular complexity index is 2440. The molecule has 0 aromatic heterocycles. The van der Waals surface area contributed by atoms with E-state index in [1.165, 1.54) is 67.0 Å². The average molecular weight is 737 g/mol. The Morgan fingerprint density at radius 1 is 0.351 bits per heavy atom. The number of benzene rings is 8. The van der Waals surface area contributed by atoms with E-state index in [2.05, 4.69) is 232 Å². The molecule has 2 nitrogen and oxygen atoms in total. The number of rotatable bonds is 10. The SMILES string of the molecule is CCC1(CC)c2cc(C)cc(N(c3ccccc3)c3ccc(-c4ccccc4)cc3)c2-c2c(N(c3ccccc3)c3ccc(-c4ccccc4)cc3)cc(C)cc21. The van der Waals surface area contributed by atoms with E-state index in [1.54, 1.807) is 0 Å². The molecule has 0 saturated heterocycles. The van der Waals surface area contributed by atoms with Crippen LogP contribution in [0.4, 0.5) is 34.1 Å². The monoisotopic (exact) mass is 736 g/mol. The van der Waals surface area contributed by atoms with Crippen LogP contribution in [0.2, 0.25) is 0 Å². The first-order valence-electron chi connectivity index (χ1n) is 20.3. The predicted octanol–water partition coefficient (Wildman–Crippen LogP) is 15.7. The van der Waals surface area contributed by atoms with Gasteiger partial charge in [0.05, 0.1) is 11.4 Å². The molecule has 8 aromatic rings. The molecule has 0 N–H and O–H groups in total. The molecule has 57 heavy (non-hydrogen) atoms. The minimum Gasteiger partial charge on any atom is -0.310 e. The normalized spacial score (nSPS) is 12.5. The third-order valence-electron chi connectivity index (χ3n) is 12.0. The van der Waals surface area contributed by atoms with Crippen molar-refractivity contribution >= 4 is 34.1 Å². The Morgan fingerprint density at radius 2 is 0.649 bits per heavy atom. The van der Waals surface area contributed by atoms with Crippen LogP contribution < -0.4 is 9.80 Å². The summed E-state index contributed by atoms with van der Waals surface area (Å²) in [6.07, 6.45) is 2.01. The van der Waals surface area contributed by atoms with Crippen LogP contribution in [0.1, 0.15) is 48.9 Å². The fourth-order valence-electron chi connectivity index (χ4n) is 9.20. The van der Waals surface area contributed by atoms with Gasteiger partial charge in [-0.25, -0.2) is 0 Å². The summed E-state index contributed by atoms with van der Waals surface area (Å²) in [7, 11) is 0. The second-order valence-electron chi connectivity index (χ2n) is 15.4. The zero-order chi connectivity index (χ0) is 38.9. The van der Waals surface area contributed by atoms with Gasteiger partial charge in [0.25, 0.3) is 0 Å². The maximum atomic E-state index is 2.48. The number of anilines is 6. The van der Waals surface area contributed by atoms with Crippen molar-refractivity contribution in [2.45, 2.75) is 46.0 Å². The van der Waals surface area contributed by atoms with Crippen molar-refractivity contribution in [1.82, 2.24) is 0 Å². The largest absolute Gasteiger partial charge is 0.310 e. The van der Waals surface area contributed by atoms with Gasteiger partial charge in [-0.3, -0.25) is 0 Å². The summed E-state index contributed by atoms with van der Waals surface area (Å²) in [5.74, 6) is 0. The van der Waals surface area contributed by atoms with Gasteiger partial charge in [-0.15, -0.1) is 0 Å². The minimum absolute atomic E-state index is 0.148. The van der Waals surface area contributed by atoms with Crippen molar-refractivity contribution in [3.05, 3.63) is 216 Å². The predicted molar refractivity (Wildman–Crippen MR) is 243 cm³/mol. The van der Waals surface area contributed by atoms with Gasteiger partial charge < -0.3 is 9.80 Å². The van der Waals surface area contributed by atoms with Gasteiger partial charge in [-0.05, 0) is 132 Å². The first-order valence-corrected chi connectivity index (χ1v) is 20.3. The van der Waals surface area contributed by atoms with Crippen molar-refractivity contribution in [3.8, 4) is 33.4 Å². The first kappa shape index (κ1) is 36.0. The van der Waals surface area contributed by atoms with Gasteiger partial charge in [-0.2, -0.15) is 0 Å². The summed E-state index contributed by atoms with van der Waals surface area (Å²) in [6.45, 7) is 9.28. The van der Waals surface area contributed by atoms with Crippen LogP contribution >= 0.6 is 0 Å². The molecule has 0 aliphatic heterocycles. The second kappa shape index (κ2) is 15.1. The van der Waals surface area contributed by atoms with Crippen molar-refractivity contribution in [1.29, 1.82) is 0 Å². The van der Waals surface area contributed by atoms with Gasteiger partial charge in [0.2, 0.25) is 0 Å². The van der Waals surface area contributed by atoms with Crippen molar-refractivity contribution in [2.75, 3.05) is 9.80 Å². The number of nitrogens with zero attached hydrogens (tertiary/aromatic N) is 2. The molecule has 1 aliphatic carbocycles. The molecule has 8 aromatic carbocycles. The molecule has 0 fully saturated rings. The molecule has 0 bridgehead atoms. The lowest BCUT2D eigenvalue weighted by atomic mass is 9.73. The van der Waals surface area contributed by atoms with Crippen LogP contribution in [-0.4, -0.2) is 0 Å². The Labute approximate surface area is 338 Å². The number of aryl methyl sites for hydroxylation is 2. The zero-order valence-electron chi connectivity index (χ0n) is 33.3. The van der Waals surface area contributed by atoms with Crippen molar-refractivity contribution in [2.24, 2.45) is 0 Å². The van der Waals surface area contributed by atoms with E-state index in [9.17, 15) is 0 Å². The van der Waals surface area contributed by atoms with Crippen LogP contribution in [0, 0.1) is 13.8 Å². The quantitative estimate of drug-likeness (QED) is 0.138. The average Bonchev–Trinajstić information content (AvgIpc) is 3.54. The maximum absolute atomic E-state index is 2.48. The van der Waals surface area contributed by atoms with Gasteiger partial charge >= 0.3 is 0 Å². The lowest BCUT2D eigenvalue weighted by Crippen LogP contribution is -2.24. The standard InChI is InChI=1S/C55H48N2/c1-5-55(6-2)49-35-39(3)37-51(56(45-23-15-9-16-24-45)47-31-27-43(28-32-47)41-19-11-7-12-20-41)53(49)54-50(55)36-40(4)38-52(54)57(46-25-17-10-18-26-46)48-33-29-44(30-34-48)42-21-13-8-14-22-42/h7-38H,5-6H2,1-4H3. The highest BCUT2D eigenvalue weighted by molar-refractivity contribution is 6.03. The van der Waals surface area contributed by atoms with Gasteiger partial charge in [-0.1, -0.05) is 147 Å². The molecule has 2 heteroatoms. The van der Waals surface area contributed by atoms with Crippen LogP contribution in [0.3, 0.4) is 0 Å². The topological polar surface area (TPSA) is 6.48 Å². The van der Waals surface area contributed by atoms with E-state index in [4.69, 9.17) is 0 Å². The van der Waals surface area contributed by atoms with Crippen LogP contribution in [0.15, 0.2) is 194 Å². The van der Waals surface area contributed by atoms with E-state index in [0.29, 0.717) is 0 Å². The fourth-order valence-corrected chi connectivity index (χ4v) is 9.20. The maximum Gasteiger partial charge on any atom is 0.0546 e. The number of para-hydroxylation sites is 2. The molecule has 278 valence electrons. The van der Waals surface area contributed by atoms with E-state index >= 15 is 0 Å². The zero-order valence-corrected chi connectivity index (χ0v) is 33.3. The first-order chi connectivity index (χ1) is 28.0. The highest BCUT2D eigenvalue weighted by Gasteiger charge is 2.45. The third kappa shape index (κ3) is 6.42. The summed E-state index contributed by atoms with van der Waals surface area (Å²) in [4.78, 5) is 4.97. The molecule has 0 heterocycles. The molecule has 0 radical (unpaired) electrons.